The number of aromatic nitrogens is 3. The summed E-state index contributed by atoms with van der Waals surface area (Å²) in [5, 5.41) is 4.86. The molecule has 4 rings (SSSR count). The lowest BCUT2D eigenvalue weighted by molar-refractivity contribution is 0.122. The summed E-state index contributed by atoms with van der Waals surface area (Å²) in [5.41, 5.74) is 9.01. The number of rotatable bonds is 9. The Morgan fingerprint density at radius 1 is 1.13 bits per heavy atom. The molecule has 0 atom stereocenters. The zero-order valence-corrected chi connectivity index (χ0v) is 17.3. The van der Waals surface area contributed by atoms with Crippen LogP contribution in [0.4, 0.5) is 10.2 Å². The quantitative estimate of drug-likeness (QED) is 0.248. The Bertz CT molecular complexity index is 1220. The first-order valence-electron chi connectivity index (χ1n) is 10.2. The van der Waals surface area contributed by atoms with Crippen molar-refractivity contribution in [2.45, 2.75) is 26.5 Å². The number of nitrogens with zero attached hydrogens (tertiary/aromatic N) is 4. The van der Waals surface area contributed by atoms with E-state index in [1.807, 2.05) is 31.2 Å². The molecule has 0 aliphatic carbocycles. The molecule has 7 nitrogen and oxygen atoms in total. The van der Waals surface area contributed by atoms with Gasteiger partial charge in [-0.3, -0.25) is 0 Å². The van der Waals surface area contributed by atoms with Crippen molar-refractivity contribution in [1.82, 2.24) is 14.5 Å². The number of fused-ring (bicyclic) bond motifs is 3. The molecule has 160 valence electrons. The average molecular weight is 421 g/mol. The van der Waals surface area contributed by atoms with Crippen molar-refractivity contribution in [2.24, 2.45) is 5.16 Å². The molecule has 0 unspecified atom stereocenters. The van der Waals surface area contributed by atoms with Crippen LogP contribution in [0.25, 0.3) is 21.9 Å². The minimum absolute atomic E-state index is 0.335. The third-order valence-corrected chi connectivity index (χ3v) is 4.91. The summed E-state index contributed by atoms with van der Waals surface area (Å²) < 4.78 is 21.3. The van der Waals surface area contributed by atoms with Gasteiger partial charge in [-0.15, -0.1) is 0 Å². The molecule has 0 aliphatic rings. The number of hydrogen-bond donors (Lipinski definition) is 1. The second kappa shape index (κ2) is 9.53. The number of benzene rings is 2. The van der Waals surface area contributed by atoms with Crippen molar-refractivity contribution in [3.63, 3.8) is 0 Å². The van der Waals surface area contributed by atoms with Gasteiger partial charge >= 0.3 is 0 Å². The molecular weight excluding hydrogens is 397 g/mol. The Balaban J connectivity index is 1.53. The Morgan fingerprint density at radius 2 is 1.94 bits per heavy atom. The van der Waals surface area contributed by atoms with Gasteiger partial charge in [0.2, 0.25) is 0 Å². The van der Waals surface area contributed by atoms with Crippen LogP contribution in [-0.2, 0) is 22.7 Å². The van der Waals surface area contributed by atoms with Crippen LogP contribution in [0.2, 0.25) is 0 Å². The van der Waals surface area contributed by atoms with Gasteiger partial charge in [0, 0.05) is 30.5 Å². The van der Waals surface area contributed by atoms with Crippen LogP contribution in [0, 0.1) is 5.82 Å². The summed E-state index contributed by atoms with van der Waals surface area (Å²) in [6.07, 6.45) is 2.05. The smallest absolute Gasteiger partial charge is 0.152 e. The van der Waals surface area contributed by atoms with Gasteiger partial charge in [0.25, 0.3) is 0 Å². The fourth-order valence-electron chi connectivity index (χ4n) is 3.46. The van der Waals surface area contributed by atoms with Gasteiger partial charge in [0.15, 0.2) is 5.82 Å². The van der Waals surface area contributed by atoms with E-state index in [0.717, 1.165) is 22.2 Å². The molecule has 2 heterocycles. The number of aryl methyl sites for hydroxylation is 1. The van der Waals surface area contributed by atoms with Crippen molar-refractivity contribution in [3.8, 4) is 0 Å². The molecule has 0 spiro atoms. The lowest BCUT2D eigenvalue weighted by Crippen LogP contribution is -2.08. The van der Waals surface area contributed by atoms with E-state index >= 15 is 0 Å². The maximum absolute atomic E-state index is 13.6. The molecule has 0 saturated heterocycles. The monoisotopic (exact) mass is 421 g/mol. The number of imidazole rings is 1. The molecule has 2 aromatic carbocycles. The van der Waals surface area contributed by atoms with Gasteiger partial charge in [-0.2, -0.15) is 0 Å². The van der Waals surface area contributed by atoms with E-state index in [2.05, 4.69) is 14.7 Å². The molecule has 2 N–H and O–H groups in total. The first kappa shape index (κ1) is 20.7. The highest BCUT2D eigenvalue weighted by atomic mass is 19.1. The maximum Gasteiger partial charge on any atom is 0.152 e. The second-order valence-corrected chi connectivity index (χ2v) is 6.97. The van der Waals surface area contributed by atoms with Gasteiger partial charge < -0.3 is 19.9 Å². The van der Waals surface area contributed by atoms with Crippen molar-refractivity contribution in [2.75, 3.05) is 18.9 Å². The van der Waals surface area contributed by atoms with E-state index in [0.29, 0.717) is 49.7 Å². The summed E-state index contributed by atoms with van der Waals surface area (Å²) in [5.74, 6) is 0.853. The van der Waals surface area contributed by atoms with Gasteiger partial charge in [0.05, 0.1) is 17.2 Å². The number of pyridine rings is 1. The molecule has 0 aliphatic heterocycles. The van der Waals surface area contributed by atoms with Crippen LogP contribution in [0.1, 0.15) is 24.7 Å². The Hall–Kier alpha value is -3.52. The lowest BCUT2D eigenvalue weighted by Gasteiger charge is -2.10. The third-order valence-electron chi connectivity index (χ3n) is 4.91. The fraction of sp³-hybridized carbons (Fsp3) is 0.261. The van der Waals surface area contributed by atoms with E-state index in [1.165, 1.54) is 12.3 Å². The largest absolute Gasteiger partial charge is 0.396 e. The van der Waals surface area contributed by atoms with E-state index in [4.69, 9.17) is 20.3 Å². The predicted octanol–water partition coefficient (Wildman–Crippen LogP) is 4.28. The number of hydrogen-bond acceptors (Lipinski definition) is 6. The number of oxime groups is 1. The fourth-order valence-corrected chi connectivity index (χ4v) is 3.46. The van der Waals surface area contributed by atoms with Crippen LogP contribution in [0.15, 0.2) is 53.7 Å². The maximum atomic E-state index is 13.6. The molecule has 2 aromatic heterocycles. The molecule has 0 radical (unpaired) electrons. The minimum Gasteiger partial charge on any atom is -0.396 e. The lowest BCUT2D eigenvalue weighted by atomic mass is 10.2. The first-order chi connectivity index (χ1) is 15.2. The molecule has 0 amide bonds. The van der Waals surface area contributed by atoms with Gasteiger partial charge in [0.1, 0.15) is 30.4 Å². The highest BCUT2D eigenvalue weighted by molar-refractivity contribution is 6.06. The summed E-state index contributed by atoms with van der Waals surface area (Å²) in [4.78, 5) is 14.5. The molecule has 8 heteroatoms. The van der Waals surface area contributed by atoms with Crippen molar-refractivity contribution >= 4 is 34.0 Å². The standard InChI is InChI=1S/C23H24FN5O2/c1-2-30-15-20-28-21-22(17-9-4-6-11-19(17)27-23(21)25)29(20)12-7-13-31-26-14-16-8-3-5-10-18(16)24/h3-6,8-11,14H,2,7,12-13,15H2,1H3,(H2,25,27). The normalized spacial score (nSPS) is 11.7. The molecule has 0 saturated carbocycles. The number of anilines is 1. The van der Waals surface area contributed by atoms with Crippen LogP contribution in [-0.4, -0.2) is 34.0 Å². The molecule has 0 fully saturated rings. The van der Waals surface area contributed by atoms with E-state index < -0.39 is 0 Å². The SMILES string of the molecule is CCOCc1nc2c(N)nc3ccccc3c2n1CCCON=Cc1ccccc1F. The second-order valence-electron chi connectivity index (χ2n) is 6.97. The number of ether oxygens (including phenoxy) is 1. The van der Waals surface area contributed by atoms with Crippen LogP contribution in [0.3, 0.4) is 0 Å². The molecular formula is C23H24FN5O2. The van der Waals surface area contributed by atoms with E-state index in [9.17, 15) is 4.39 Å². The third kappa shape index (κ3) is 4.49. The molecule has 0 bridgehead atoms. The van der Waals surface area contributed by atoms with E-state index in [1.54, 1.807) is 18.2 Å². The van der Waals surface area contributed by atoms with Crippen LogP contribution in [0.5, 0.6) is 0 Å². The minimum atomic E-state index is -0.335. The van der Waals surface area contributed by atoms with Crippen LogP contribution >= 0.6 is 0 Å². The number of nitrogen functional groups attached to an aromatic ring is 1. The number of halogens is 1. The Kier molecular flexibility index (Phi) is 6.37. The summed E-state index contributed by atoms with van der Waals surface area (Å²) in [6, 6.07) is 14.3. The number of para-hydroxylation sites is 1. The van der Waals surface area contributed by atoms with E-state index in [-0.39, 0.29) is 5.82 Å². The topological polar surface area (TPSA) is 87.6 Å². The highest BCUT2D eigenvalue weighted by Crippen LogP contribution is 2.29. The summed E-state index contributed by atoms with van der Waals surface area (Å²) in [6.45, 7) is 3.93. The van der Waals surface area contributed by atoms with Crippen LogP contribution < -0.4 is 5.73 Å². The van der Waals surface area contributed by atoms with Crippen molar-refractivity contribution < 1.29 is 14.0 Å². The summed E-state index contributed by atoms with van der Waals surface area (Å²) in [7, 11) is 0. The van der Waals surface area contributed by atoms with Crippen molar-refractivity contribution in [1.29, 1.82) is 0 Å². The zero-order chi connectivity index (χ0) is 21.6. The van der Waals surface area contributed by atoms with Gasteiger partial charge in [-0.1, -0.05) is 41.6 Å². The number of nitrogens with two attached hydrogens (primary N) is 1. The predicted molar refractivity (Wildman–Crippen MR) is 119 cm³/mol. The van der Waals surface area contributed by atoms with Gasteiger partial charge in [-0.05, 0) is 19.1 Å². The zero-order valence-electron chi connectivity index (χ0n) is 17.3. The van der Waals surface area contributed by atoms with Crippen molar-refractivity contribution in [3.05, 3.63) is 65.7 Å². The summed E-state index contributed by atoms with van der Waals surface area (Å²) >= 11 is 0. The first-order valence-corrected chi connectivity index (χ1v) is 10.2. The Labute approximate surface area is 179 Å². The Morgan fingerprint density at radius 3 is 2.77 bits per heavy atom. The highest BCUT2D eigenvalue weighted by Gasteiger charge is 2.17. The molecule has 31 heavy (non-hydrogen) atoms. The average Bonchev–Trinajstić information content (AvgIpc) is 3.15. The molecule has 4 aromatic rings. The van der Waals surface area contributed by atoms with Gasteiger partial charge in [-0.25, -0.2) is 14.4 Å².